The Labute approximate surface area is 115 Å². The quantitative estimate of drug-likeness (QED) is 0.728. The Hall–Kier alpha value is -2.22. The van der Waals surface area contributed by atoms with Crippen LogP contribution in [-0.2, 0) is 6.18 Å². The molecule has 2 heterocycles. The lowest BCUT2D eigenvalue weighted by molar-refractivity contribution is -0.141. The fraction of sp³-hybridized carbons (Fsp3) is 0.0833. The highest BCUT2D eigenvalue weighted by molar-refractivity contribution is 7.08. The lowest BCUT2D eigenvalue weighted by Gasteiger charge is -2.00. The predicted molar refractivity (Wildman–Crippen MR) is 67.5 cm³/mol. The first-order valence-electron chi connectivity index (χ1n) is 5.56. The molecule has 3 rings (SSSR count). The van der Waals surface area contributed by atoms with Crippen LogP contribution >= 0.6 is 11.5 Å². The number of benzene rings is 1. The zero-order valence-corrected chi connectivity index (χ0v) is 10.7. The van der Waals surface area contributed by atoms with Crippen LogP contribution in [0.5, 0.6) is 0 Å². The third kappa shape index (κ3) is 2.42. The number of alkyl halides is 3. The third-order valence-electron chi connectivity index (χ3n) is 2.52. The maximum atomic E-state index is 12.5. The molecule has 0 aliphatic heterocycles. The van der Waals surface area contributed by atoms with Crippen molar-refractivity contribution in [1.82, 2.24) is 19.1 Å². The summed E-state index contributed by atoms with van der Waals surface area (Å²) in [5.41, 5.74) is -0.146. The molecule has 3 aromatic rings. The van der Waals surface area contributed by atoms with Gasteiger partial charge in [-0.25, -0.2) is 4.68 Å². The Balaban J connectivity index is 1.93. The van der Waals surface area contributed by atoms with Gasteiger partial charge in [0.05, 0.1) is 0 Å². The van der Waals surface area contributed by atoms with E-state index in [0.717, 1.165) is 27.8 Å². The average Bonchev–Trinajstić information content (AvgIpc) is 3.08. The highest BCUT2D eigenvalue weighted by atomic mass is 32.1. The van der Waals surface area contributed by atoms with Gasteiger partial charge in [0.1, 0.15) is 0 Å². The number of aromatic nitrogens is 4. The summed E-state index contributed by atoms with van der Waals surface area (Å²) >= 11 is 0.993. The van der Waals surface area contributed by atoms with Crippen LogP contribution in [0.3, 0.4) is 0 Å². The number of hydrogen-bond acceptors (Lipinski definition) is 4. The van der Waals surface area contributed by atoms with E-state index in [4.69, 9.17) is 0 Å². The molecule has 2 aromatic heterocycles. The molecule has 0 aliphatic carbocycles. The van der Waals surface area contributed by atoms with Crippen molar-refractivity contribution < 1.29 is 13.2 Å². The van der Waals surface area contributed by atoms with E-state index in [1.807, 2.05) is 30.3 Å². The van der Waals surface area contributed by atoms with Crippen molar-refractivity contribution in [2.45, 2.75) is 6.18 Å². The first-order chi connectivity index (χ1) is 9.54. The SMILES string of the molecule is FC(F)(F)c1ccn(-c2nc(-c3ccccc3)ns2)n1. The molecule has 0 atom stereocenters. The van der Waals surface area contributed by atoms with Gasteiger partial charge in [0, 0.05) is 23.3 Å². The van der Waals surface area contributed by atoms with Crippen LogP contribution in [0, 0.1) is 0 Å². The van der Waals surface area contributed by atoms with Crippen LogP contribution in [0.25, 0.3) is 16.5 Å². The minimum absolute atomic E-state index is 0.291. The fourth-order valence-electron chi connectivity index (χ4n) is 1.59. The molecule has 0 aliphatic rings. The molecule has 0 saturated heterocycles. The Kier molecular flexibility index (Phi) is 3.01. The summed E-state index contributed by atoms with van der Waals surface area (Å²) in [6.45, 7) is 0. The number of hydrogen-bond donors (Lipinski definition) is 0. The predicted octanol–water partition coefficient (Wildman–Crippen LogP) is 3.41. The second kappa shape index (κ2) is 4.71. The summed E-state index contributed by atoms with van der Waals surface area (Å²) in [4.78, 5) is 4.19. The van der Waals surface area contributed by atoms with Crippen molar-refractivity contribution in [2.24, 2.45) is 0 Å². The molecule has 0 unspecified atom stereocenters. The van der Waals surface area contributed by atoms with Crippen LogP contribution in [0.2, 0.25) is 0 Å². The summed E-state index contributed by atoms with van der Waals surface area (Å²) in [7, 11) is 0. The van der Waals surface area contributed by atoms with Crippen molar-refractivity contribution >= 4 is 11.5 Å². The molecule has 0 amide bonds. The van der Waals surface area contributed by atoms with Crippen molar-refractivity contribution in [3.05, 3.63) is 48.3 Å². The largest absolute Gasteiger partial charge is 0.435 e. The highest BCUT2D eigenvalue weighted by Crippen LogP contribution is 2.28. The van der Waals surface area contributed by atoms with E-state index in [1.165, 1.54) is 6.20 Å². The van der Waals surface area contributed by atoms with Crippen LogP contribution in [-0.4, -0.2) is 19.1 Å². The van der Waals surface area contributed by atoms with Gasteiger partial charge in [0.15, 0.2) is 11.5 Å². The van der Waals surface area contributed by atoms with Gasteiger partial charge in [0.2, 0.25) is 5.13 Å². The van der Waals surface area contributed by atoms with Gasteiger partial charge in [-0.1, -0.05) is 30.3 Å². The van der Waals surface area contributed by atoms with Crippen LogP contribution < -0.4 is 0 Å². The molecular weight excluding hydrogens is 289 g/mol. The summed E-state index contributed by atoms with van der Waals surface area (Å²) < 4.78 is 42.6. The molecule has 0 fully saturated rings. The van der Waals surface area contributed by atoms with Gasteiger partial charge < -0.3 is 0 Å². The molecule has 102 valence electrons. The van der Waals surface area contributed by atoms with Crippen molar-refractivity contribution in [3.8, 4) is 16.5 Å². The lowest BCUT2D eigenvalue weighted by atomic mass is 10.2. The monoisotopic (exact) mass is 296 g/mol. The minimum Gasteiger partial charge on any atom is -0.212 e. The van der Waals surface area contributed by atoms with Gasteiger partial charge >= 0.3 is 6.18 Å². The molecule has 8 heteroatoms. The van der Waals surface area contributed by atoms with Crippen molar-refractivity contribution in [1.29, 1.82) is 0 Å². The fourth-order valence-corrected chi connectivity index (χ4v) is 2.22. The number of nitrogens with zero attached hydrogens (tertiary/aromatic N) is 4. The van der Waals surface area contributed by atoms with Gasteiger partial charge in [-0.15, -0.1) is 0 Å². The minimum atomic E-state index is -4.46. The van der Waals surface area contributed by atoms with E-state index in [0.29, 0.717) is 11.0 Å². The second-order valence-electron chi connectivity index (χ2n) is 3.91. The Morgan fingerprint density at radius 1 is 1.05 bits per heavy atom. The van der Waals surface area contributed by atoms with E-state index in [9.17, 15) is 13.2 Å². The molecule has 1 aromatic carbocycles. The summed E-state index contributed by atoms with van der Waals surface area (Å²) in [5.74, 6) is 0.467. The molecule has 4 nitrogen and oxygen atoms in total. The average molecular weight is 296 g/mol. The van der Waals surface area contributed by atoms with E-state index in [-0.39, 0.29) is 0 Å². The summed E-state index contributed by atoms with van der Waals surface area (Å²) in [5, 5.41) is 3.75. The van der Waals surface area contributed by atoms with Gasteiger partial charge in [-0.2, -0.15) is 27.6 Å². The van der Waals surface area contributed by atoms with E-state index >= 15 is 0 Å². The highest BCUT2D eigenvalue weighted by Gasteiger charge is 2.33. The van der Waals surface area contributed by atoms with Crippen molar-refractivity contribution in [2.75, 3.05) is 0 Å². The van der Waals surface area contributed by atoms with Crippen LogP contribution in [0.15, 0.2) is 42.6 Å². The molecule has 0 radical (unpaired) electrons. The Bertz CT molecular complexity index is 718. The molecule has 0 N–H and O–H groups in total. The van der Waals surface area contributed by atoms with E-state index in [2.05, 4.69) is 14.5 Å². The molecule has 0 bridgehead atoms. The van der Waals surface area contributed by atoms with E-state index in [1.54, 1.807) is 0 Å². The standard InChI is InChI=1S/C12H7F3N4S/c13-12(14,15)9-6-7-19(17-9)11-16-10(18-20-11)8-4-2-1-3-5-8/h1-7H. The topological polar surface area (TPSA) is 43.6 Å². The maximum Gasteiger partial charge on any atom is 0.435 e. The van der Waals surface area contributed by atoms with Gasteiger partial charge in [-0.05, 0) is 6.07 Å². The maximum absolute atomic E-state index is 12.5. The smallest absolute Gasteiger partial charge is 0.212 e. The summed E-state index contributed by atoms with van der Waals surface area (Å²) in [6.07, 6.45) is -3.24. The molecule has 0 saturated carbocycles. The molecule has 20 heavy (non-hydrogen) atoms. The zero-order valence-electron chi connectivity index (χ0n) is 9.87. The van der Waals surface area contributed by atoms with Gasteiger partial charge in [0.25, 0.3) is 0 Å². The zero-order chi connectivity index (χ0) is 14.2. The first-order valence-corrected chi connectivity index (χ1v) is 6.34. The van der Waals surface area contributed by atoms with E-state index < -0.39 is 11.9 Å². The molecule has 0 spiro atoms. The second-order valence-corrected chi connectivity index (χ2v) is 4.64. The summed E-state index contributed by atoms with van der Waals surface area (Å²) in [6, 6.07) is 10.1. The van der Waals surface area contributed by atoms with Gasteiger partial charge in [-0.3, -0.25) is 0 Å². The normalized spacial score (nSPS) is 11.8. The van der Waals surface area contributed by atoms with Crippen molar-refractivity contribution in [3.63, 3.8) is 0 Å². The third-order valence-corrected chi connectivity index (χ3v) is 3.23. The Morgan fingerprint density at radius 2 is 1.80 bits per heavy atom. The first kappa shape index (κ1) is 12.8. The number of halogens is 3. The molecular formula is C12H7F3N4S. The number of rotatable bonds is 2. The van der Waals surface area contributed by atoms with Crippen LogP contribution in [0.4, 0.5) is 13.2 Å². The lowest BCUT2D eigenvalue weighted by Crippen LogP contribution is -2.07. The van der Waals surface area contributed by atoms with Crippen LogP contribution in [0.1, 0.15) is 5.69 Å². The Morgan fingerprint density at radius 3 is 2.45 bits per heavy atom.